The average Bonchev–Trinajstić information content (AvgIpc) is 2.55. The fourth-order valence-electron chi connectivity index (χ4n) is 2.01. The monoisotopic (exact) mass is 301 g/mol. The van der Waals surface area contributed by atoms with Gasteiger partial charge in [-0.3, -0.25) is 10.1 Å². The van der Waals surface area contributed by atoms with E-state index in [0.717, 1.165) is 36.6 Å². The number of nitrogens with one attached hydrogen (secondary N) is 2. The highest BCUT2D eigenvalue weighted by Gasteiger charge is 2.03. The second-order valence-electron chi connectivity index (χ2n) is 4.76. The molecule has 2 N–H and O–H groups in total. The van der Waals surface area contributed by atoms with Gasteiger partial charge >= 0.3 is 0 Å². The normalized spacial score (nSPS) is 10.2. The van der Waals surface area contributed by atoms with Gasteiger partial charge in [-0.05, 0) is 29.8 Å². The molecule has 0 amide bonds. The maximum atomic E-state index is 10.6. The third-order valence-corrected chi connectivity index (χ3v) is 3.17. The average molecular weight is 301 g/mol. The fourth-order valence-corrected chi connectivity index (χ4v) is 2.01. The lowest BCUT2D eigenvalue weighted by atomic mass is 10.2. The van der Waals surface area contributed by atoms with Crippen LogP contribution in [0.15, 0.2) is 48.5 Å². The fraction of sp³-hybridized carbons (Fsp3) is 0.250. The van der Waals surface area contributed by atoms with Crippen molar-refractivity contribution >= 4 is 11.4 Å². The molecular formula is C16H19N3O3. The van der Waals surface area contributed by atoms with Crippen LogP contribution in [-0.4, -0.2) is 25.1 Å². The van der Waals surface area contributed by atoms with Gasteiger partial charge < -0.3 is 15.4 Å². The van der Waals surface area contributed by atoms with Gasteiger partial charge in [0.2, 0.25) is 0 Å². The van der Waals surface area contributed by atoms with Gasteiger partial charge in [0, 0.05) is 37.5 Å². The second kappa shape index (κ2) is 7.99. The predicted octanol–water partition coefficient (Wildman–Crippen LogP) is 2.81. The van der Waals surface area contributed by atoms with Gasteiger partial charge in [-0.25, -0.2) is 0 Å². The number of non-ortho nitro benzene ring substituents is 1. The highest BCUT2D eigenvalue weighted by atomic mass is 16.6. The molecule has 2 aromatic rings. The molecule has 2 aromatic carbocycles. The number of nitro groups is 1. The Morgan fingerprint density at radius 3 is 2.59 bits per heavy atom. The highest BCUT2D eigenvalue weighted by Crippen LogP contribution is 2.15. The predicted molar refractivity (Wildman–Crippen MR) is 86.3 cm³/mol. The molecule has 116 valence electrons. The summed E-state index contributed by atoms with van der Waals surface area (Å²) in [6.07, 6.45) is 0. The molecule has 0 saturated carbocycles. The quantitative estimate of drug-likeness (QED) is 0.445. The number of nitrogens with zero attached hydrogens (tertiary/aromatic N) is 1. The maximum absolute atomic E-state index is 10.6. The van der Waals surface area contributed by atoms with Crippen molar-refractivity contribution in [1.82, 2.24) is 5.32 Å². The zero-order valence-corrected chi connectivity index (χ0v) is 12.4. The number of hydrogen-bond acceptors (Lipinski definition) is 5. The third-order valence-electron chi connectivity index (χ3n) is 3.17. The van der Waals surface area contributed by atoms with Crippen molar-refractivity contribution in [2.75, 3.05) is 25.5 Å². The summed E-state index contributed by atoms with van der Waals surface area (Å²) in [4.78, 5) is 10.2. The van der Waals surface area contributed by atoms with Crippen molar-refractivity contribution in [3.05, 3.63) is 64.2 Å². The van der Waals surface area contributed by atoms with Crippen molar-refractivity contribution in [3.8, 4) is 5.75 Å². The zero-order chi connectivity index (χ0) is 15.8. The number of benzene rings is 2. The van der Waals surface area contributed by atoms with Crippen LogP contribution in [0.25, 0.3) is 0 Å². The molecule has 0 spiro atoms. The Balaban J connectivity index is 1.69. The summed E-state index contributed by atoms with van der Waals surface area (Å²) in [5, 5.41) is 17.1. The standard InChI is InChI=1S/C16H19N3O3/c1-22-16-4-2-3-13(11-16)12-17-9-10-18-14-5-7-15(8-6-14)19(20)21/h2-8,11,17-18H,9-10,12H2,1H3. The number of hydrogen-bond donors (Lipinski definition) is 2. The van der Waals surface area contributed by atoms with Gasteiger partial charge in [-0.2, -0.15) is 0 Å². The number of nitro benzene ring substituents is 1. The van der Waals surface area contributed by atoms with Crippen molar-refractivity contribution in [1.29, 1.82) is 0 Å². The molecule has 0 fully saturated rings. The minimum Gasteiger partial charge on any atom is -0.497 e. The Bertz CT molecular complexity index is 614. The topological polar surface area (TPSA) is 76.4 Å². The molecule has 6 heteroatoms. The molecule has 0 saturated heterocycles. The third kappa shape index (κ3) is 4.75. The van der Waals surface area contributed by atoms with Crippen molar-refractivity contribution < 1.29 is 9.66 Å². The Hall–Kier alpha value is -2.60. The molecule has 0 heterocycles. The van der Waals surface area contributed by atoms with Crippen LogP contribution in [0, 0.1) is 10.1 Å². The minimum absolute atomic E-state index is 0.0988. The molecule has 0 bridgehead atoms. The van der Waals surface area contributed by atoms with Gasteiger partial charge in [-0.15, -0.1) is 0 Å². The smallest absolute Gasteiger partial charge is 0.269 e. The van der Waals surface area contributed by atoms with Crippen molar-refractivity contribution in [2.45, 2.75) is 6.54 Å². The molecule has 6 nitrogen and oxygen atoms in total. The van der Waals surface area contributed by atoms with E-state index in [1.165, 1.54) is 12.1 Å². The highest BCUT2D eigenvalue weighted by molar-refractivity contribution is 5.48. The van der Waals surface area contributed by atoms with Crippen LogP contribution in [0.1, 0.15) is 5.56 Å². The van der Waals surface area contributed by atoms with Gasteiger partial charge in [0.25, 0.3) is 5.69 Å². The van der Waals surface area contributed by atoms with Crippen molar-refractivity contribution in [2.24, 2.45) is 0 Å². The van der Waals surface area contributed by atoms with Crippen LogP contribution in [0.4, 0.5) is 11.4 Å². The summed E-state index contributed by atoms with van der Waals surface area (Å²) < 4.78 is 5.18. The van der Waals surface area contributed by atoms with E-state index < -0.39 is 4.92 Å². The molecule has 0 aliphatic carbocycles. The van der Waals surface area contributed by atoms with Gasteiger partial charge in [0.15, 0.2) is 0 Å². The Morgan fingerprint density at radius 1 is 1.14 bits per heavy atom. The number of anilines is 1. The van der Waals surface area contributed by atoms with E-state index in [4.69, 9.17) is 4.74 Å². The first-order valence-corrected chi connectivity index (χ1v) is 7.01. The SMILES string of the molecule is COc1cccc(CNCCNc2ccc([N+](=O)[O-])cc2)c1. The van der Waals surface area contributed by atoms with E-state index in [9.17, 15) is 10.1 Å². The van der Waals surface area contributed by atoms with E-state index in [2.05, 4.69) is 10.6 Å². The Labute approximate surface area is 129 Å². The summed E-state index contributed by atoms with van der Waals surface area (Å²) >= 11 is 0. The largest absolute Gasteiger partial charge is 0.497 e. The summed E-state index contributed by atoms with van der Waals surface area (Å²) in [7, 11) is 1.65. The molecule has 0 aromatic heterocycles. The maximum Gasteiger partial charge on any atom is 0.269 e. The van der Waals surface area contributed by atoms with E-state index in [1.807, 2.05) is 24.3 Å². The molecular weight excluding hydrogens is 282 g/mol. The van der Waals surface area contributed by atoms with Crippen LogP contribution in [0.3, 0.4) is 0 Å². The first kappa shape index (κ1) is 15.8. The van der Waals surface area contributed by atoms with E-state index in [0.29, 0.717) is 0 Å². The number of ether oxygens (including phenoxy) is 1. The second-order valence-corrected chi connectivity index (χ2v) is 4.76. The van der Waals surface area contributed by atoms with Gasteiger partial charge in [-0.1, -0.05) is 12.1 Å². The summed E-state index contributed by atoms with van der Waals surface area (Å²) in [5.74, 6) is 0.850. The zero-order valence-electron chi connectivity index (χ0n) is 12.4. The first-order chi connectivity index (χ1) is 10.7. The van der Waals surface area contributed by atoms with E-state index in [-0.39, 0.29) is 5.69 Å². The van der Waals surface area contributed by atoms with E-state index >= 15 is 0 Å². The minimum atomic E-state index is -0.403. The van der Waals surface area contributed by atoms with Crippen LogP contribution in [0.2, 0.25) is 0 Å². The lowest BCUT2D eigenvalue weighted by molar-refractivity contribution is -0.384. The van der Waals surface area contributed by atoms with Gasteiger partial charge in [0.05, 0.1) is 12.0 Å². The van der Waals surface area contributed by atoms with Crippen LogP contribution >= 0.6 is 0 Å². The van der Waals surface area contributed by atoms with Crippen molar-refractivity contribution in [3.63, 3.8) is 0 Å². The summed E-state index contributed by atoms with van der Waals surface area (Å²) in [6, 6.07) is 14.3. The van der Waals surface area contributed by atoms with Gasteiger partial charge in [0.1, 0.15) is 5.75 Å². The van der Waals surface area contributed by atoms with Crippen LogP contribution < -0.4 is 15.4 Å². The number of methoxy groups -OCH3 is 1. The van der Waals surface area contributed by atoms with E-state index in [1.54, 1.807) is 19.2 Å². The molecule has 0 unspecified atom stereocenters. The number of rotatable bonds is 8. The molecule has 0 radical (unpaired) electrons. The first-order valence-electron chi connectivity index (χ1n) is 7.01. The molecule has 0 atom stereocenters. The van der Waals surface area contributed by atoms with Crippen LogP contribution in [0.5, 0.6) is 5.75 Å². The lowest BCUT2D eigenvalue weighted by Gasteiger charge is -2.08. The summed E-state index contributed by atoms with van der Waals surface area (Å²) in [6.45, 7) is 2.29. The molecule has 22 heavy (non-hydrogen) atoms. The lowest BCUT2D eigenvalue weighted by Crippen LogP contribution is -2.21. The molecule has 0 aliphatic heterocycles. The summed E-state index contributed by atoms with van der Waals surface area (Å²) in [5.41, 5.74) is 2.13. The molecule has 2 rings (SSSR count). The Morgan fingerprint density at radius 2 is 1.91 bits per heavy atom. The molecule has 0 aliphatic rings. The Kier molecular flexibility index (Phi) is 5.73. The van der Waals surface area contributed by atoms with Crippen LogP contribution in [-0.2, 0) is 6.54 Å².